The van der Waals surface area contributed by atoms with Crippen molar-refractivity contribution >= 4 is 83.8 Å². The van der Waals surface area contributed by atoms with Crippen LogP contribution in [0, 0.1) is 11.2 Å². The fourth-order valence-corrected chi connectivity index (χ4v) is 16.1. The Balaban J connectivity index is 0.730. The molecule has 0 aromatic heterocycles. The molecule has 2 unspecified atom stereocenters. The second kappa shape index (κ2) is 24.7. The minimum Gasteiger partial charge on any atom is -0.380 e. The third-order valence-electron chi connectivity index (χ3n) is 17.5. The highest BCUT2D eigenvalue weighted by molar-refractivity contribution is 7.99. The standard InChI is InChI=1S/C62H67ClF4N8O8S3/c1-61(2)22-20-51(40-8-12-44(63)13-9-40)43(32-61)34-71-24-26-72(27-25-71)46-14-10-41(11-15-46)58(77)70-86(82,83)50-16-17-53(55(31-50)85(80,81)62(65,66)67)68-45(38-84-49-6-4-3-5-7-49)21-23-73-36-48-30-47(73)37-74(48)33-39-28-42-35-75(60(79)57(42)52(64)29-39)54-18-19-56(76)69-59(54)78/h3-17,28-29,31,45,47-48,54,68H,18-27,30,32-38H2,1-2H3,(H,70,77)(H,69,76,78)/t45?,47-,48-,54?/m1/s1. The Bertz CT molecular complexity index is 3700. The Morgan fingerprint density at radius 3 is 2.24 bits per heavy atom. The molecule has 4 fully saturated rings. The highest BCUT2D eigenvalue weighted by Crippen LogP contribution is 2.44. The molecule has 5 aromatic carbocycles. The maximum absolute atomic E-state index is 15.6. The lowest BCUT2D eigenvalue weighted by Crippen LogP contribution is -2.52. The minimum absolute atomic E-state index is 0.0357. The number of likely N-dealkylation sites (tertiary alicyclic amines) is 2. The smallest absolute Gasteiger partial charge is 0.380 e. The Morgan fingerprint density at radius 1 is 0.849 bits per heavy atom. The van der Waals surface area contributed by atoms with E-state index < -0.39 is 82.4 Å². The number of rotatable bonds is 19. The number of thioether (sulfide) groups is 1. The SMILES string of the molecule is CC1(C)CCC(c2ccc(Cl)cc2)=C(CN2CCN(c3ccc(C(=O)NS(=O)(=O)c4ccc(NC(CCN5C[C@H]6C[C@@H]5CN6Cc5cc(F)c6c(c5)CN(C5CCC(=O)NC5=O)C6=O)CSc5ccccc5)c(S(=O)(=O)C(F)(F)F)c4)cc3)CC2)C1. The third-order valence-corrected chi connectivity index (χ3v) is 21.8. The first-order chi connectivity index (χ1) is 40.9. The summed E-state index contributed by atoms with van der Waals surface area (Å²) in [5.41, 5.74) is -0.237. The van der Waals surface area contributed by atoms with E-state index in [4.69, 9.17) is 11.6 Å². The second-order valence-corrected chi connectivity index (χ2v) is 29.1. The van der Waals surface area contributed by atoms with E-state index in [0.29, 0.717) is 67.9 Å². The topological polar surface area (TPSA) is 189 Å². The predicted octanol–water partition coefficient (Wildman–Crippen LogP) is 9.36. The average molecular weight is 1260 g/mol. The second-order valence-electron chi connectivity index (χ2n) is 24.0. The number of hydrogen-bond acceptors (Lipinski definition) is 14. The fourth-order valence-electron chi connectivity index (χ4n) is 13.0. The highest BCUT2D eigenvalue weighted by Gasteiger charge is 2.49. The molecule has 24 heteroatoms. The molecule has 4 atom stereocenters. The summed E-state index contributed by atoms with van der Waals surface area (Å²) < 4.78 is 116. The van der Waals surface area contributed by atoms with Crippen LogP contribution in [-0.4, -0.2) is 148 Å². The molecule has 0 radical (unpaired) electrons. The van der Waals surface area contributed by atoms with Crippen LogP contribution in [0.15, 0.2) is 129 Å². The molecule has 11 rings (SSSR count). The number of hydrogen-bond donors (Lipinski definition) is 3. The molecule has 0 saturated carbocycles. The van der Waals surface area contributed by atoms with Crippen molar-refractivity contribution in [2.24, 2.45) is 5.41 Å². The number of allylic oxidation sites excluding steroid dienone is 1. The van der Waals surface area contributed by atoms with E-state index in [-0.39, 0.29) is 53.8 Å². The molecule has 4 amide bonds. The first-order valence-electron chi connectivity index (χ1n) is 28.8. The zero-order valence-electron chi connectivity index (χ0n) is 47.5. The molecule has 4 saturated heterocycles. The van der Waals surface area contributed by atoms with Crippen molar-refractivity contribution in [3.05, 3.63) is 153 Å². The van der Waals surface area contributed by atoms with Crippen LogP contribution in [0.5, 0.6) is 0 Å². The Kier molecular flexibility index (Phi) is 17.6. The quantitative estimate of drug-likeness (QED) is 0.0403. The number of piperidine rings is 1. The van der Waals surface area contributed by atoms with Crippen LogP contribution in [0.3, 0.4) is 0 Å². The largest absolute Gasteiger partial charge is 0.501 e. The van der Waals surface area contributed by atoms with Crippen LogP contribution in [0.25, 0.3) is 5.57 Å². The lowest BCUT2D eigenvalue weighted by atomic mass is 9.73. The fraction of sp³-hybridized carbons (Fsp3) is 0.419. The first kappa shape index (κ1) is 61.3. The summed E-state index contributed by atoms with van der Waals surface area (Å²) in [4.78, 5) is 60.3. The third kappa shape index (κ3) is 13.4. The summed E-state index contributed by atoms with van der Waals surface area (Å²) in [5.74, 6) is -3.05. The van der Waals surface area contributed by atoms with Gasteiger partial charge in [-0.3, -0.25) is 39.2 Å². The number of alkyl halides is 3. The number of amides is 4. The molecule has 16 nitrogen and oxygen atoms in total. The molecular weight excluding hydrogens is 1190 g/mol. The summed E-state index contributed by atoms with van der Waals surface area (Å²) in [6, 6.07) is 27.8. The number of nitrogens with zero attached hydrogens (tertiary/aromatic N) is 5. The van der Waals surface area contributed by atoms with Crippen molar-refractivity contribution in [3.63, 3.8) is 0 Å². The molecular formula is C62H67ClF4N8O8S3. The van der Waals surface area contributed by atoms with E-state index in [1.54, 1.807) is 18.2 Å². The van der Waals surface area contributed by atoms with Gasteiger partial charge < -0.3 is 15.1 Å². The van der Waals surface area contributed by atoms with Gasteiger partial charge in [0.05, 0.1) is 16.1 Å². The average Bonchev–Trinajstić information content (AvgIpc) is 1.48. The van der Waals surface area contributed by atoms with Gasteiger partial charge in [-0.25, -0.2) is 25.9 Å². The van der Waals surface area contributed by atoms with Gasteiger partial charge in [0.1, 0.15) is 16.8 Å². The zero-order chi connectivity index (χ0) is 60.9. The molecule has 456 valence electrons. The number of sulfonamides is 1. The minimum atomic E-state index is -6.17. The van der Waals surface area contributed by atoms with Crippen LogP contribution in [-0.2, 0) is 42.5 Å². The Hall–Kier alpha value is -6.34. The predicted molar refractivity (Wildman–Crippen MR) is 321 cm³/mol. The number of piperazine rings is 2. The summed E-state index contributed by atoms with van der Waals surface area (Å²) >= 11 is 7.62. The van der Waals surface area contributed by atoms with Gasteiger partial charge in [-0.05, 0) is 139 Å². The number of carbonyl (C=O) groups is 4. The number of anilines is 2. The summed E-state index contributed by atoms with van der Waals surface area (Å²) in [6.45, 7) is 10.6. The van der Waals surface area contributed by atoms with Gasteiger partial charge in [0.15, 0.2) is 0 Å². The summed E-state index contributed by atoms with van der Waals surface area (Å²) in [7, 11) is -11.1. The van der Waals surface area contributed by atoms with Gasteiger partial charge in [0.2, 0.25) is 11.8 Å². The zero-order valence-corrected chi connectivity index (χ0v) is 50.8. The maximum atomic E-state index is 15.6. The molecule has 6 aliphatic rings. The molecule has 5 aromatic rings. The molecule has 1 aliphatic carbocycles. The van der Waals surface area contributed by atoms with E-state index in [1.165, 1.54) is 51.6 Å². The summed E-state index contributed by atoms with van der Waals surface area (Å²) in [5, 5.41) is 6.00. The number of carbonyl (C=O) groups excluding carboxylic acids is 4. The normalized spacial score (nSPS) is 21.7. The van der Waals surface area contributed by atoms with Crippen LogP contribution in [0.4, 0.5) is 28.9 Å². The van der Waals surface area contributed by atoms with E-state index in [1.807, 2.05) is 47.2 Å². The van der Waals surface area contributed by atoms with Crippen LogP contribution in [0.2, 0.25) is 5.02 Å². The lowest BCUT2D eigenvalue weighted by Gasteiger charge is -2.39. The van der Waals surface area contributed by atoms with Gasteiger partial charge >= 0.3 is 5.51 Å². The Labute approximate surface area is 507 Å². The molecule has 3 N–H and O–H groups in total. The van der Waals surface area contributed by atoms with Crippen LogP contribution >= 0.6 is 23.4 Å². The van der Waals surface area contributed by atoms with E-state index >= 15 is 4.39 Å². The van der Waals surface area contributed by atoms with Crippen molar-refractivity contribution in [2.75, 3.05) is 68.3 Å². The van der Waals surface area contributed by atoms with E-state index in [2.05, 4.69) is 56.2 Å². The Morgan fingerprint density at radius 2 is 1.56 bits per heavy atom. The van der Waals surface area contributed by atoms with Crippen LogP contribution < -0.4 is 20.3 Å². The van der Waals surface area contributed by atoms with Crippen LogP contribution in [0.1, 0.15) is 96.2 Å². The number of benzene rings is 5. The number of halogens is 5. The summed E-state index contributed by atoms with van der Waals surface area (Å²) in [6.07, 6.45) is 4.46. The monoisotopic (exact) mass is 1260 g/mol. The van der Waals surface area contributed by atoms with Gasteiger partial charge in [0.25, 0.3) is 31.7 Å². The van der Waals surface area contributed by atoms with Crippen molar-refractivity contribution in [3.8, 4) is 0 Å². The van der Waals surface area contributed by atoms with Crippen molar-refractivity contribution in [1.82, 2.24) is 29.6 Å². The molecule has 5 heterocycles. The number of nitrogens with one attached hydrogen (secondary N) is 3. The number of sulfone groups is 1. The van der Waals surface area contributed by atoms with Crippen molar-refractivity contribution in [1.29, 1.82) is 0 Å². The van der Waals surface area contributed by atoms with Gasteiger partial charge in [0, 0.05) is 117 Å². The molecule has 0 spiro atoms. The number of imide groups is 1. The lowest BCUT2D eigenvalue weighted by molar-refractivity contribution is -0.136. The van der Waals surface area contributed by atoms with Crippen molar-refractivity contribution < 1.29 is 53.6 Å². The van der Waals surface area contributed by atoms with E-state index in [0.717, 1.165) is 68.0 Å². The highest BCUT2D eigenvalue weighted by atomic mass is 35.5. The van der Waals surface area contributed by atoms with Gasteiger partial charge in [-0.1, -0.05) is 67.4 Å². The van der Waals surface area contributed by atoms with E-state index in [9.17, 15) is 49.2 Å². The molecule has 86 heavy (non-hydrogen) atoms. The number of fused-ring (bicyclic) bond motifs is 3. The first-order valence-corrected chi connectivity index (χ1v) is 33.2. The van der Waals surface area contributed by atoms with Gasteiger partial charge in [-0.15, -0.1) is 11.8 Å². The maximum Gasteiger partial charge on any atom is 0.501 e. The molecule has 2 bridgehead atoms. The van der Waals surface area contributed by atoms with Crippen molar-refractivity contribution in [2.45, 2.75) is 116 Å². The molecule has 5 aliphatic heterocycles. The van der Waals surface area contributed by atoms with Gasteiger partial charge in [-0.2, -0.15) is 13.2 Å².